The van der Waals surface area contributed by atoms with Gasteiger partial charge < -0.3 is 5.32 Å². The predicted octanol–water partition coefficient (Wildman–Crippen LogP) is 4.51. The van der Waals surface area contributed by atoms with E-state index in [9.17, 15) is 0 Å². The van der Waals surface area contributed by atoms with Crippen LogP contribution in [0.5, 0.6) is 0 Å². The van der Waals surface area contributed by atoms with Crippen LogP contribution in [0.25, 0.3) is 0 Å². The molecule has 21 heavy (non-hydrogen) atoms. The van der Waals surface area contributed by atoms with Gasteiger partial charge in [0.1, 0.15) is 0 Å². The highest BCUT2D eigenvalue weighted by molar-refractivity contribution is 7.12. The summed E-state index contributed by atoms with van der Waals surface area (Å²) in [6.07, 6.45) is 5.37. The molecule has 2 rings (SSSR count). The molecule has 0 aliphatic rings. The fraction of sp³-hybridized carbons (Fsp3) is 0.588. The maximum atomic E-state index is 4.79. The summed E-state index contributed by atoms with van der Waals surface area (Å²) >= 11 is 1.88. The number of thiophene rings is 1. The monoisotopic (exact) mass is 305 g/mol. The van der Waals surface area contributed by atoms with E-state index in [1.54, 1.807) is 0 Å². The van der Waals surface area contributed by atoms with E-state index in [2.05, 4.69) is 62.1 Å². The maximum absolute atomic E-state index is 4.79. The second-order valence-electron chi connectivity index (χ2n) is 5.52. The number of nitrogens with zero attached hydrogens (tertiary/aromatic N) is 2. The molecule has 0 aromatic carbocycles. The Labute approximate surface area is 132 Å². The SMILES string of the molecule is CCNC(Cc1ccn(C(CC)CC)n1)c1ccc(C)s1. The number of aromatic nitrogens is 2. The number of rotatable bonds is 8. The van der Waals surface area contributed by atoms with E-state index < -0.39 is 0 Å². The Kier molecular flexibility index (Phi) is 6.00. The Bertz CT molecular complexity index is 540. The van der Waals surface area contributed by atoms with Gasteiger partial charge in [-0.25, -0.2) is 0 Å². The summed E-state index contributed by atoms with van der Waals surface area (Å²) in [5.41, 5.74) is 1.18. The van der Waals surface area contributed by atoms with Gasteiger partial charge in [-0.15, -0.1) is 11.3 Å². The van der Waals surface area contributed by atoms with Crippen molar-refractivity contribution in [2.24, 2.45) is 0 Å². The molecule has 1 atom stereocenters. The van der Waals surface area contributed by atoms with Crippen LogP contribution in [0.1, 0.15) is 61.1 Å². The van der Waals surface area contributed by atoms with Gasteiger partial charge >= 0.3 is 0 Å². The van der Waals surface area contributed by atoms with E-state index in [1.807, 2.05) is 11.3 Å². The highest BCUT2D eigenvalue weighted by Gasteiger charge is 2.15. The van der Waals surface area contributed by atoms with Crippen LogP contribution in [0.3, 0.4) is 0 Å². The van der Waals surface area contributed by atoms with Gasteiger partial charge in [-0.2, -0.15) is 5.10 Å². The maximum Gasteiger partial charge on any atom is 0.0644 e. The van der Waals surface area contributed by atoms with Crippen molar-refractivity contribution in [3.8, 4) is 0 Å². The summed E-state index contributed by atoms with van der Waals surface area (Å²) in [6.45, 7) is 9.76. The lowest BCUT2D eigenvalue weighted by Crippen LogP contribution is -2.22. The molecule has 0 aliphatic carbocycles. The fourth-order valence-corrected chi connectivity index (χ4v) is 3.67. The van der Waals surface area contributed by atoms with E-state index >= 15 is 0 Å². The Morgan fingerprint density at radius 2 is 1.95 bits per heavy atom. The average molecular weight is 305 g/mol. The van der Waals surface area contributed by atoms with Gasteiger partial charge in [0.15, 0.2) is 0 Å². The molecule has 2 heterocycles. The average Bonchev–Trinajstić information content (AvgIpc) is 3.09. The summed E-state index contributed by atoms with van der Waals surface area (Å²) in [6, 6.07) is 7.51. The molecule has 0 radical (unpaired) electrons. The molecule has 4 heteroatoms. The zero-order chi connectivity index (χ0) is 15.2. The highest BCUT2D eigenvalue weighted by Crippen LogP contribution is 2.25. The van der Waals surface area contributed by atoms with Crippen molar-refractivity contribution in [2.75, 3.05) is 6.54 Å². The molecule has 1 N–H and O–H groups in total. The van der Waals surface area contributed by atoms with E-state index in [0.29, 0.717) is 12.1 Å². The number of likely N-dealkylation sites (N-methyl/N-ethyl adjacent to an activating group) is 1. The first-order valence-electron chi connectivity index (χ1n) is 8.01. The summed E-state index contributed by atoms with van der Waals surface area (Å²) in [4.78, 5) is 2.78. The fourth-order valence-electron chi connectivity index (χ4n) is 2.72. The van der Waals surface area contributed by atoms with Gasteiger partial charge in [-0.3, -0.25) is 4.68 Å². The smallest absolute Gasteiger partial charge is 0.0644 e. The minimum Gasteiger partial charge on any atom is -0.309 e. The zero-order valence-electron chi connectivity index (χ0n) is 13.6. The third-order valence-corrected chi connectivity index (χ3v) is 5.06. The van der Waals surface area contributed by atoms with Crippen LogP contribution in [0.2, 0.25) is 0 Å². The van der Waals surface area contributed by atoms with Crippen LogP contribution in [0.15, 0.2) is 24.4 Å². The molecule has 0 amide bonds. The minimum atomic E-state index is 0.374. The van der Waals surface area contributed by atoms with Gasteiger partial charge in [-0.05, 0) is 44.5 Å². The second kappa shape index (κ2) is 7.76. The molecule has 3 nitrogen and oxygen atoms in total. The van der Waals surface area contributed by atoms with Crippen LogP contribution < -0.4 is 5.32 Å². The van der Waals surface area contributed by atoms with E-state index in [-0.39, 0.29) is 0 Å². The predicted molar refractivity (Wildman–Crippen MR) is 91.0 cm³/mol. The summed E-state index contributed by atoms with van der Waals surface area (Å²) in [5.74, 6) is 0. The van der Waals surface area contributed by atoms with E-state index in [4.69, 9.17) is 5.10 Å². The molecule has 0 bridgehead atoms. The van der Waals surface area contributed by atoms with Crippen molar-refractivity contribution in [2.45, 2.75) is 59.0 Å². The molecule has 1 unspecified atom stereocenters. The van der Waals surface area contributed by atoms with Gasteiger partial charge in [-0.1, -0.05) is 20.8 Å². The lowest BCUT2D eigenvalue weighted by atomic mass is 10.1. The molecule has 116 valence electrons. The largest absolute Gasteiger partial charge is 0.309 e. The van der Waals surface area contributed by atoms with Gasteiger partial charge in [0, 0.05) is 28.4 Å². The van der Waals surface area contributed by atoms with Gasteiger partial charge in [0.25, 0.3) is 0 Å². The van der Waals surface area contributed by atoms with Crippen LogP contribution in [-0.2, 0) is 6.42 Å². The molecule has 2 aromatic rings. The van der Waals surface area contributed by atoms with Crippen LogP contribution in [0.4, 0.5) is 0 Å². The standard InChI is InChI=1S/C17H27N3S/c1-5-15(6-2)20-11-10-14(19-20)12-16(18-7-3)17-9-8-13(4)21-17/h8-11,15-16,18H,5-7,12H2,1-4H3. The minimum absolute atomic E-state index is 0.374. The lowest BCUT2D eigenvalue weighted by Gasteiger charge is -2.16. The van der Waals surface area contributed by atoms with Crippen LogP contribution >= 0.6 is 11.3 Å². The highest BCUT2D eigenvalue weighted by atomic mass is 32.1. The number of nitrogens with one attached hydrogen (secondary N) is 1. The molecule has 2 aromatic heterocycles. The third-order valence-electron chi connectivity index (χ3n) is 3.95. The van der Waals surface area contributed by atoms with Crippen molar-refractivity contribution in [1.82, 2.24) is 15.1 Å². The first-order valence-corrected chi connectivity index (χ1v) is 8.83. The number of hydrogen-bond acceptors (Lipinski definition) is 3. The Morgan fingerprint density at radius 1 is 1.19 bits per heavy atom. The van der Waals surface area contributed by atoms with Crippen molar-refractivity contribution in [3.63, 3.8) is 0 Å². The van der Waals surface area contributed by atoms with Crippen molar-refractivity contribution in [1.29, 1.82) is 0 Å². The lowest BCUT2D eigenvalue weighted by molar-refractivity contribution is 0.423. The topological polar surface area (TPSA) is 29.9 Å². The molecule has 0 saturated carbocycles. The molecular formula is C17H27N3S. The third kappa shape index (κ3) is 4.17. The zero-order valence-corrected chi connectivity index (χ0v) is 14.4. The van der Waals surface area contributed by atoms with Crippen molar-refractivity contribution < 1.29 is 0 Å². The van der Waals surface area contributed by atoms with Crippen LogP contribution in [-0.4, -0.2) is 16.3 Å². The van der Waals surface area contributed by atoms with E-state index in [0.717, 1.165) is 25.8 Å². The van der Waals surface area contributed by atoms with Gasteiger partial charge in [0.2, 0.25) is 0 Å². The second-order valence-corrected chi connectivity index (χ2v) is 6.84. The van der Waals surface area contributed by atoms with Crippen molar-refractivity contribution in [3.05, 3.63) is 39.8 Å². The first kappa shape index (κ1) is 16.2. The Hall–Kier alpha value is -1.13. The summed E-state index contributed by atoms with van der Waals surface area (Å²) < 4.78 is 2.14. The molecule has 0 aliphatic heterocycles. The van der Waals surface area contributed by atoms with Gasteiger partial charge in [0.05, 0.1) is 11.7 Å². The Balaban J connectivity index is 2.10. The quantitative estimate of drug-likeness (QED) is 0.778. The Morgan fingerprint density at radius 3 is 2.52 bits per heavy atom. The van der Waals surface area contributed by atoms with Crippen molar-refractivity contribution >= 4 is 11.3 Å². The summed E-state index contributed by atoms with van der Waals surface area (Å²) in [5, 5.41) is 8.38. The first-order chi connectivity index (χ1) is 10.2. The number of hydrogen-bond donors (Lipinski definition) is 1. The number of aryl methyl sites for hydroxylation is 1. The molecular weight excluding hydrogens is 278 g/mol. The normalized spacial score (nSPS) is 13.0. The van der Waals surface area contributed by atoms with Crippen LogP contribution in [0, 0.1) is 6.92 Å². The van der Waals surface area contributed by atoms with E-state index in [1.165, 1.54) is 15.4 Å². The molecule has 0 spiro atoms. The molecule has 0 fully saturated rings. The molecule has 0 saturated heterocycles. The summed E-state index contributed by atoms with van der Waals surface area (Å²) in [7, 11) is 0.